The van der Waals surface area contributed by atoms with Crippen LogP contribution in [0.25, 0.3) is 0 Å². The van der Waals surface area contributed by atoms with Gasteiger partial charge in [0.25, 0.3) is 0 Å². The Bertz CT molecular complexity index is 440. The van der Waals surface area contributed by atoms with Crippen LogP contribution < -0.4 is 15.2 Å². The normalized spacial score (nSPS) is 19.4. The fourth-order valence-corrected chi connectivity index (χ4v) is 2.42. The van der Waals surface area contributed by atoms with Crippen LogP contribution in [0.2, 0.25) is 0 Å². The van der Waals surface area contributed by atoms with Gasteiger partial charge in [-0.15, -0.1) is 0 Å². The number of likely N-dealkylation sites (tertiary alicyclic amines) is 1. The van der Waals surface area contributed by atoms with Crippen LogP contribution >= 0.6 is 0 Å². The summed E-state index contributed by atoms with van der Waals surface area (Å²) in [4.78, 5) is 13.4. The first-order chi connectivity index (χ1) is 9.12. The number of carbonyl (C=O) groups is 1. The van der Waals surface area contributed by atoms with Gasteiger partial charge in [-0.25, -0.2) is 0 Å². The van der Waals surface area contributed by atoms with E-state index < -0.39 is 0 Å². The summed E-state index contributed by atoms with van der Waals surface area (Å²) in [5.41, 5.74) is 6.45. The molecule has 0 spiro atoms. The second-order valence-corrected chi connectivity index (χ2v) is 4.84. The molecule has 0 saturated carbocycles. The summed E-state index contributed by atoms with van der Waals surface area (Å²) < 4.78 is 10.5. The van der Waals surface area contributed by atoms with Crippen LogP contribution in [0, 0.1) is 5.92 Å². The Kier molecular flexibility index (Phi) is 4.27. The number of ether oxygens (including phenoxy) is 2. The Morgan fingerprint density at radius 3 is 2.42 bits per heavy atom. The lowest BCUT2D eigenvalue weighted by Gasteiger charge is -2.16. The number of hydrogen-bond acceptors (Lipinski definition) is 4. The Hall–Kier alpha value is -1.75. The zero-order chi connectivity index (χ0) is 13.8. The largest absolute Gasteiger partial charge is 0.497 e. The van der Waals surface area contributed by atoms with E-state index in [2.05, 4.69) is 4.90 Å². The van der Waals surface area contributed by atoms with Crippen molar-refractivity contribution in [3.8, 4) is 11.5 Å². The van der Waals surface area contributed by atoms with Crippen LogP contribution in [0.4, 0.5) is 0 Å². The third kappa shape index (κ3) is 3.38. The first kappa shape index (κ1) is 13.7. The van der Waals surface area contributed by atoms with E-state index in [1.54, 1.807) is 14.2 Å². The Balaban J connectivity index is 2.05. The van der Waals surface area contributed by atoms with Crippen LogP contribution in [0.3, 0.4) is 0 Å². The molecule has 5 heteroatoms. The number of benzene rings is 1. The molecule has 19 heavy (non-hydrogen) atoms. The smallest absolute Gasteiger partial charge is 0.221 e. The second-order valence-electron chi connectivity index (χ2n) is 4.84. The quantitative estimate of drug-likeness (QED) is 0.862. The molecule has 1 unspecified atom stereocenters. The first-order valence-electron chi connectivity index (χ1n) is 6.36. The van der Waals surface area contributed by atoms with Crippen molar-refractivity contribution in [1.82, 2.24) is 4.90 Å². The molecular weight excluding hydrogens is 244 g/mol. The molecule has 0 radical (unpaired) electrons. The zero-order valence-electron chi connectivity index (χ0n) is 11.4. The summed E-state index contributed by atoms with van der Waals surface area (Å²) in [6.45, 7) is 2.40. The predicted molar refractivity (Wildman–Crippen MR) is 72.1 cm³/mol. The highest BCUT2D eigenvalue weighted by molar-refractivity contribution is 5.77. The average molecular weight is 264 g/mol. The molecule has 0 aliphatic carbocycles. The molecule has 1 aliphatic heterocycles. The van der Waals surface area contributed by atoms with Crippen LogP contribution in [-0.4, -0.2) is 38.1 Å². The summed E-state index contributed by atoms with van der Waals surface area (Å²) in [6, 6.07) is 5.82. The number of nitrogens with two attached hydrogens (primary N) is 1. The number of methoxy groups -OCH3 is 2. The molecule has 1 aromatic rings. The molecule has 104 valence electrons. The van der Waals surface area contributed by atoms with Crippen molar-refractivity contribution in [3.63, 3.8) is 0 Å². The Labute approximate surface area is 113 Å². The zero-order valence-corrected chi connectivity index (χ0v) is 11.4. The lowest BCUT2D eigenvalue weighted by Crippen LogP contribution is -2.27. The van der Waals surface area contributed by atoms with Crippen LogP contribution in [0.1, 0.15) is 12.0 Å². The van der Waals surface area contributed by atoms with Crippen molar-refractivity contribution in [2.75, 3.05) is 27.3 Å². The van der Waals surface area contributed by atoms with Gasteiger partial charge in [0.15, 0.2) is 0 Å². The fraction of sp³-hybridized carbons (Fsp3) is 0.500. The van der Waals surface area contributed by atoms with Crippen molar-refractivity contribution >= 4 is 5.91 Å². The van der Waals surface area contributed by atoms with Crippen LogP contribution in [0.15, 0.2) is 18.2 Å². The van der Waals surface area contributed by atoms with Gasteiger partial charge >= 0.3 is 0 Å². The summed E-state index contributed by atoms with van der Waals surface area (Å²) >= 11 is 0. The monoisotopic (exact) mass is 264 g/mol. The SMILES string of the molecule is COc1cc(CN2CCC(C(N)=O)C2)cc(OC)c1. The third-order valence-electron chi connectivity index (χ3n) is 3.49. The van der Waals surface area contributed by atoms with Gasteiger partial charge in [-0.3, -0.25) is 9.69 Å². The summed E-state index contributed by atoms with van der Waals surface area (Å²) in [7, 11) is 3.27. The molecule has 1 fully saturated rings. The number of nitrogens with zero attached hydrogens (tertiary/aromatic N) is 1. The number of amides is 1. The molecule has 1 aromatic carbocycles. The van der Waals surface area contributed by atoms with Crippen molar-refractivity contribution < 1.29 is 14.3 Å². The van der Waals surface area contributed by atoms with Crippen LogP contribution in [0.5, 0.6) is 11.5 Å². The van der Waals surface area contributed by atoms with Crippen molar-refractivity contribution in [2.24, 2.45) is 11.7 Å². The van der Waals surface area contributed by atoms with Gasteiger partial charge in [0.2, 0.25) is 5.91 Å². The highest BCUT2D eigenvalue weighted by atomic mass is 16.5. The Morgan fingerprint density at radius 2 is 1.95 bits per heavy atom. The van der Waals surface area contributed by atoms with Gasteiger partial charge in [0, 0.05) is 19.2 Å². The first-order valence-corrected chi connectivity index (χ1v) is 6.36. The van der Waals surface area contributed by atoms with E-state index in [9.17, 15) is 4.79 Å². The Morgan fingerprint density at radius 1 is 1.32 bits per heavy atom. The lowest BCUT2D eigenvalue weighted by atomic mass is 10.1. The van der Waals surface area contributed by atoms with Gasteiger partial charge in [0.1, 0.15) is 11.5 Å². The molecule has 5 nitrogen and oxygen atoms in total. The topological polar surface area (TPSA) is 64.8 Å². The van der Waals surface area contributed by atoms with E-state index in [1.807, 2.05) is 18.2 Å². The van der Waals surface area contributed by atoms with E-state index in [-0.39, 0.29) is 11.8 Å². The van der Waals surface area contributed by atoms with Gasteiger partial charge in [-0.2, -0.15) is 0 Å². The van der Waals surface area contributed by atoms with Gasteiger partial charge in [0.05, 0.1) is 20.1 Å². The minimum Gasteiger partial charge on any atom is -0.497 e. The molecule has 0 bridgehead atoms. The standard InChI is InChI=1S/C14H20N2O3/c1-18-12-5-10(6-13(7-12)19-2)8-16-4-3-11(9-16)14(15)17/h5-7,11H,3-4,8-9H2,1-2H3,(H2,15,17). The summed E-state index contributed by atoms with van der Waals surface area (Å²) in [5, 5.41) is 0. The van der Waals surface area contributed by atoms with Crippen molar-refractivity contribution in [1.29, 1.82) is 0 Å². The molecule has 2 N–H and O–H groups in total. The fourth-order valence-electron chi connectivity index (χ4n) is 2.42. The summed E-state index contributed by atoms with van der Waals surface area (Å²) in [5.74, 6) is 1.33. The highest BCUT2D eigenvalue weighted by Gasteiger charge is 2.26. The van der Waals surface area contributed by atoms with Gasteiger partial charge in [-0.1, -0.05) is 0 Å². The molecular formula is C14H20N2O3. The molecule has 0 aromatic heterocycles. The number of rotatable bonds is 5. The highest BCUT2D eigenvalue weighted by Crippen LogP contribution is 2.25. The maximum absolute atomic E-state index is 11.2. The number of primary amides is 1. The van der Waals surface area contributed by atoms with E-state index in [1.165, 1.54) is 0 Å². The van der Waals surface area contributed by atoms with Crippen LogP contribution in [-0.2, 0) is 11.3 Å². The van der Waals surface area contributed by atoms with E-state index in [0.29, 0.717) is 0 Å². The molecule has 1 atom stereocenters. The molecule has 1 heterocycles. The number of carbonyl (C=O) groups excluding carboxylic acids is 1. The van der Waals surface area contributed by atoms with E-state index in [0.717, 1.165) is 43.1 Å². The summed E-state index contributed by atoms with van der Waals surface area (Å²) in [6.07, 6.45) is 0.844. The van der Waals surface area contributed by atoms with E-state index in [4.69, 9.17) is 15.2 Å². The van der Waals surface area contributed by atoms with Gasteiger partial charge < -0.3 is 15.2 Å². The third-order valence-corrected chi connectivity index (χ3v) is 3.49. The van der Waals surface area contributed by atoms with E-state index >= 15 is 0 Å². The molecule has 1 saturated heterocycles. The van der Waals surface area contributed by atoms with Crippen molar-refractivity contribution in [3.05, 3.63) is 23.8 Å². The number of hydrogen-bond donors (Lipinski definition) is 1. The average Bonchev–Trinajstić information content (AvgIpc) is 2.87. The maximum atomic E-state index is 11.2. The predicted octanol–water partition coefficient (Wildman–Crippen LogP) is 1.01. The van der Waals surface area contributed by atoms with Crippen molar-refractivity contribution in [2.45, 2.75) is 13.0 Å². The molecule has 1 aliphatic rings. The maximum Gasteiger partial charge on any atom is 0.221 e. The van der Waals surface area contributed by atoms with Gasteiger partial charge in [-0.05, 0) is 30.7 Å². The molecule has 2 rings (SSSR count). The molecule has 1 amide bonds. The minimum absolute atomic E-state index is 0.0208. The lowest BCUT2D eigenvalue weighted by molar-refractivity contribution is -0.121. The second kappa shape index (κ2) is 5.93. The minimum atomic E-state index is -0.203.